The van der Waals surface area contributed by atoms with Crippen LogP contribution in [0, 0.1) is 0 Å². The summed E-state index contributed by atoms with van der Waals surface area (Å²) in [4.78, 5) is 33.4. The quantitative estimate of drug-likeness (QED) is 0.145. The summed E-state index contributed by atoms with van der Waals surface area (Å²) >= 11 is 7.45. The number of aliphatic hydroxyl groups excluding tert-OH is 1. The van der Waals surface area contributed by atoms with Crippen molar-refractivity contribution >= 4 is 55.7 Å². The predicted molar refractivity (Wildman–Crippen MR) is 158 cm³/mol. The first-order valence-corrected chi connectivity index (χ1v) is 14.5. The van der Waals surface area contributed by atoms with E-state index in [2.05, 4.69) is 4.98 Å². The van der Waals surface area contributed by atoms with Crippen LogP contribution in [-0.4, -0.2) is 41.1 Å². The number of hydrogen-bond donors (Lipinski definition) is 1. The molecular formula is C31H27ClN2O6S. The first-order valence-electron chi connectivity index (χ1n) is 13.4. The van der Waals surface area contributed by atoms with Gasteiger partial charge in [-0.15, -0.1) is 0 Å². The van der Waals surface area contributed by atoms with E-state index < -0.39 is 17.7 Å². The molecule has 0 radical (unpaired) electrons. The van der Waals surface area contributed by atoms with Crippen molar-refractivity contribution < 1.29 is 28.9 Å². The number of thiazole rings is 1. The van der Waals surface area contributed by atoms with Gasteiger partial charge in [0.15, 0.2) is 16.6 Å². The number of benzene rings is 3. The molecule has 6 rings (SSSR count). The minimum atomic E-state index is -0.968. The summed E-state index contributed by atoms with van der Waals surface area (Å²) < 4.78 is 18.2. The highest BCUT2D eigenvalue weighted by Crippen LogP contribution is 2.46. The van der Waals surface area contributed by atoms with Crippen LogP contribution in [0.25, 0.3) is 16.0 Å². The zero-order valence-corrected chi connectivity index (χ0v) is 24.2. The molecule has 0 unspecified atom stereocenters. The number of fused-ring (bicyclic) bond motifs is 2. The fraction of sp³-hybridized carbons (Fsp3) is 0.258. The lowest BCUT2D eigenvalue weighted by atomic mass is 9.94. The summed E-state index contributed by atoms with van der Waals surface area (Å²) in [6.07, 6.45) is 0.695. The lowest BCUT2D eigenvalue weighted by molar-refractivity contribution is -0.132. The van der Waals surface area contributed by atoms with Crippen LogP contribution in [0.1, 0.15) is 43.5 Å². The van der Waals surface area contributed by atoms with Gasteiger partial charge in [-0.25, -0.2) is 4.98 Å². The Kier molecular flexibility index (Phi) is 7.09. The van der Waals surface area contributed by atoms with Gasteiger partial charge in [0.05, 0.1) is 35.0 Å². The van der Waals surface area contributed by atoms with Crippen LogP contribution in [0.2, 0.25) is 5.02 Å². The molecule has 2 aliphatic heterocycles. The van der Waals surface area contributed by atoms with E-state index in [0.29, 0.717) is 57.9 Å². The Morgan fingerprint density at radius 3 is 2.63 bits per heavy atom. The minimum absolute atomic E-state index is 0.0151. The van der Waals surface area contributed by atoms with Crippen LogP contribution in [0.4, 0.5) is 5.13 Å². The van der Waals surface area contributed by atoms with Gasteiger partial charge in [0, 0.05) is 17.0 Å². The van der Waals surface area contributed by atoms with Gasteiger partial charge >= 0.3 is 5.91 Å². The molecule has 0 saturated carbocycles. The summed E-state index contributed by atoms with van der Waals surface area (Å²) in [5.41, 5.74) is 2.52. The monoisotopic (exact) mass is 590 g/mol. The number of hydrogen-bond acceptors (Lipinski definition) is 8. The molecule has 8 nitrogen and oxygen atoms in total. The molecule has 0 spiro atoms. The molecule has 4 aromatic rings. The number of anilines is 1. The van der Waals surface area contributed by atoms with Crippen LogP contribution in [0.3, 0.4) is 0 Å². The van der Waals surface area contributed by atoms with Crippen LogP contribution < -0.4 is 19.1 Å². The number of carbonyl (C=O) groups excluding carboxylic acids is 2. The van der Waals surface area contributed by atoms with Gasteiger partial charge in [-0.05, 0) is 80.4 Å². The molecule has 3 aromatic carbocycles. The standard InChI is InChI=1S/C31H27ClN2O6S/c1-4-38-23-11-6-17(14-24(23)39-5-2)27-26(28(35)18-7-10-22-19(13-18)12-16(3)40-22)29(36)30(37)34(27)31-33-21-9-8-20(32)15-25(21)41-31/h6-11,13-16,27,35H,4-5,12H2,1-3H3/b28-26+/t16-,27+/m1/s1. The molecule has 0 bridgehead atoms. The average molecular weight is 591 g/mol. The van der Waals surface area contributed by atoms with E-state index in [9.17, 15) is 14.7 Å². The van der Waals surface area contributed by atoms with Crippen molar-refractivity contribution in [1.29, 1.82) is 0 Å². The summed E-state index contributed by atoms with van der Waals surface area (Å²) in [5.74, 6) is -0.107. The first-order chi connectivity index (χ1) is 19.8. The van der Waals surface area contributed by atoms with Crippen LogP contribution >= 0.6 is 22.9 Å². The number of nitrogens with zero attached hydrogens (tertiary/aromatic N) is 2. The molecule has 1 aromatic heterocycles. The van der Waals surface area contributed by atoms with Crippen molar-refractivity contribution in [2.24, 2.45) is 0 Å². The molecule has 41 heavy (non-hydrogen) atoms. The fourth-order valence-electron chi connectivity index (χ4n) is 5.30. The zero-order chi connectivity index (χ0) is 28.8. The van der Waals surface area contributed by atoms with Gasteiger partial charge in [0.2, 0.25) is 0 Å². The molecule has 3 heterocycles. The highest BCUT2D eigenvalue weighted by molar-refractivity contribution is 7.22. The number of carbonyl (C=O) groups is 2. The molecule has 1 N–H and O–H groups in total. The third-order valence-electron chi connectivity index (χ3n) is 7.04. The highest BCUT2D eigenvalue weighted by atomic mass is 35.5. The van der Waals surface area contributed by atoms with E-state index in [1.54, 1.807) is 48.5 Å². The third kappa shape index (κ3) is 4.79. The van der Waals surface area contributed by atoms with Crippen LogP contribution in [0.5, 0.6) is 17.2 Å². The normalized spacial score (nSPS) is 19.5. The topological polar surface area (TPSA) is 98.2 Å². The summed E-state index contributed by atoms with van der Waals surface area (Å²) in [6, 6.07) is 14.8. The largest absolute Gasteiger partial charge is 0.507 e. The lowest BCUT2D eigenvalue weighted by Gasteiger charge is -2.24. The number of halogens is 1. The van der Waals surface area contributed by atoms with E-state index in [1.807, 2.05) is 26.8 Å². The van der Waals surface area contributed by atoms with Crippen molar-refractivity contribution in [1.82, 2.24) is 4.98 Å². The Hall–Kier alpha value is -4.08. The second-order valence-electron chi connectivity index (χ2n) is 9.80. The average Bonchev–Trinajstić information content (AvgIpc) is 3.61. The molecule has 0 aliphatic carbocycles. The van der Waals surface area contributed by atoms with Gasteiger partial charge in [0.25, 0.3) is 5.78 Å². The van der Waals surface area contributed by atoms with Crippen molar-refractivity contribution in [2.75, 3.05) is 18.1 Å². The molecular weight excluding hydrogens is 564 g/mol. The lowest BCUT2D eigenvalue weighted by Crippen LogP contribution is -2.29. The summed E-state index contributed by atoms with van der Waals surface area (Å²) in [5, 5.41) is 12.5. The molecule has 10 heteroatoms. The van der Waals surface area contributed by atoms with Crippen LogP contribution in [0.15, 0.2) is 60.2 Å². The molecule has 1 fully saturated rings. The molecule has 1 amide bonds. The SMILES string of the molecule is CCOc1ccc([C@H]2/C(=C(\O)c3ccc4c(c3)C[C@@H](C)O4)C(=O)C(=O)N2c2nc3ccc(Cl)cc3s2)cc1OCC. The second kappa shape index (κ2) is 10.7. The molecule has 1 saturated heterocycles. The number of aliphatic hydroxyl groups is 1. The number of ketones is 1. The van der Waals surface area contributed by atoms with Crippen molar-refractivity contribution in [3.63, 3.8) is 0 Å². The third-order valence-corrected chi connectivity index (χ3v) is 8.29. The van der Waals surface area contributed by atoms with Gasteiger partial charge < -0.3 is 19.3 Å². The molecule has 210 valence electrons. The van der Waals surface area contributed by atoms with Crippen molar-refractivity contribution in [2.45, 2.75) is 39.3 Å². The van der Waals surface area contributed by atoms with E-state index in [1.165, 1.54) is 16.2 Å². The number of Topliss-reactive ketones (excluding diaryl/α,β-unsaturated/α-hetero) is 1. The fourth-order valence-corrected chi connectivity index (χ4v) is 6.57. The summed E-state index contributed by atoms with van der Waals surface area (Å²) in [7, 11) is 0. The number of amides is 1. The Balaban J connectivity index is 1.55. The number of rotatable bonds is 7. The first kappa shape index (κ1) is 27.1. The van der Waals surface area contributed by atoms with Gasteiger partial charge in [-0.2, -0.15) is 0 Å². The van der Waals surface area contributed by atoms with E-state index in [0.717, 1.165) is 16.0 Å². The zero-order valence-electron chi connectivity index (χ0n) is 22.6. The Bertz CT molecular complexity index is 1730. The summed E-state index contributed by atoms with van der Waals surface area (Å²) in [6.45, 7) is 6.53. The highest BCUT2D eigenvalue weighted by Gasteiger charge is 2.48. The Morgan fingerprint density at radius 1 is 1.07 bits per heavy atom. The minimum Gasteiger partial charge on any atom is -0.507 e. The maximum Gasteiger partial charge on any atom is 0.301 e. The van der Waals surface area contributed by atoms with E-state index >= 15 is 0 Å². The van der Waals surface area contributed by atoms with Gasteiger partial charge in [-0.3, -0.25) is 14.5 Å². The van der Waals surface area contributed by atoms with Crippen molar-refractivity contribution in [3.8, 4) is 17.2 Å². The Labute approximate surface area is 245 Å². The molecule has 2 atom stereocenters. The van der Waals surface area contributed by atoms with Crippen molar-refractivity contribution in [3.05, 3.63) is 81.9 Å². The van der Waals surface area contributed by atoms with Gasteiger partial charge in [0.1, 0.15) is 17.6 Å². The number of aromatic nitrogens is 1. The van der Waals surface area contributed by atoms with E-state index in [4.69, 9.17) is 25.8 Å². The van der Waals surface area contributed by atoms with Gasteiger partial charge in [-0.1, -0.05) is 29.0 Å². The predicted octanol–water partition coefficient (Wildman–Crippen LogP) is 6.70. The van der Waals surface area contributed by atoms with E-state index in [-0.39, 0.29) is 17.4 Å². The second-order valence-corrected chi connectivity index (χ2v) is 11.3. The maximum atomic E-state index is 13.7. The smallest absolute Gasteiger partial charge is 0.301 e. The Morgan fingerprint density at radius 2 is 1.85 bits per heavy atom. The molecule has 2 aliphatic rings. The van der Waals surface area contributed by atoms with Crippen LogP contribution in [-0.2, 0) is 16.0 Å². The number of ether oxygens (including phenoxy) is 3. The maximum absolute atomic E-state index is 13.7.